The molecule has 2 rings (SSSR count). The van der Waals surface area contributed by atoms with Crippen molar-refractivity contribution in [3.63, 3.8) is 0 Å². The molecule has 2 aromatic carbocycles. The number of carbonyl (C=O) groups is 1. The van der Waals surface area contributed by atoms with Crippen molar-refractivity contribution in [2.75, 3.05) is 7.11 Å². The van der Waals surface area contributed by atoms with Crippen LogP contribution in [0.5, 0.6) is 0 Å². The lowest BCUT2D eigenvalue weighted by molar-refractivity contribution is -0.140. The van der Waals surface area contributed by atoms with Crippen LogP contribution in [0.3, 0.4) is 0 Å². The van der Waals surface area contributed by atoms with Crippen molar-refractivity contribution in [3.05, 3.63) is 65.2 Å². The molecule has 0 heterocycles. The Labute approximate surface area is 165 Å². The van der Waals surface area contributed by atoms with Crippen LogP contribution in [0, 0.1) is 0 Å². The van der Waals surface area contributed by atoms with Gasteiger partial charge in [0.15, 0.2) is 0 Å². The molecule has 2 aromatic rings. The highest BCUT2D eigenvalue weighted by atomic mass is 35.5. The largest absolute Gasteiger partial charge is 0.469 e. The number of sulfonamides is 1. The van der Waals surface area contributed by atoms with E-state index in [4.69, 9.17) is 11.6 Å². The van der Waals surface area contributed by atoms with Crippen molar-refractivity contribution >= 4 is 27.6 Å². The normalized spacial score (nSPS) is 12.5. The zero-order valence-electron chi connectivity index (χ0n) is 15.2. The summed E-state index contributed by atoms with van der Waals surface area (Å²) in [5.41, 5.74) is 0.899. The van der Waals surface area contributed by atoms with Crippen molar-refractivity contribution in [1.82, 2.24) is 4.72 Å². The molecular formula is C20H24ClNO4S. The number of ether oxygens (including phenoxy) is 1. The van der Waals surface area contributed by atoms with Gasteiger partial charge in [0.1, 0.15) is 0 Å². The van der Waals surface area contributed by atoms with Gasteiger partial charge in [0.05, 0.1) is 12.0 Å². The van der Waals surface area contributed by atoms with Gasteiger partial charge in [0.2, 0.25) is 10.0 Å². The zero-order valence-corrected chi connectivity index (χ0v) is 16.8. The Hall–Kier alpha value is -1.89. The molecule has 0 bridgehead atoms. The molecule has 5 nitrogen and oxygen atoms in total. The summed E-state index contributed by atoms with van der Waals surface area (Å²) < 4.78 is 32.9. The smallest absolute Gasteiger partial charge is 0.305 e. The van der Waals surface area contributed by atoms with Gasteiger partial charge in [0.25, 0.3) is 0 Å². The Morgan fingerprint density at radius 2 is 1.81 bits per heavy atom. The second-order valence-electron chi connectivity index (χ2n) is 6.22. The van der Waals surface area contributed by atoms with E-state index in [0.29, 0.717) is 17.9 Å². The van der Waals surface area contributed by atoms with Crippen molar-refractivity contribution < 1.29 is 17.9 Å². The highest BCUT2D eigenvalue weighted by Crippen LogP contribution is 2.24. The lowest BCUT2D eigenvalue weighted by atomic mass is 10.0. The number of carbonyl (C=O) groups excluding carboxylic acids is 1. The van der Waals surface area contributed by atoms with Gasteiger partial charge in [0, 0.05) is 17.5 Å². The third-order valence-corrected chi connectivity index (χ3v) is 5.91. The van der Waals surface area contributed by atoms with E-state index in [1.807, 2.05) is 30.3 Å². The number of halogens is 1. The lowest BCUT2D eigenvalue weighted by Gasteiger charge is -2.19. The molecule has 0 aliphatic rings. The van der Waals surface area contributed by atoms with Crippen LogP contribution in [0.4, 0.5) is 0 Å². The van der Waals surface area contributed by atoms with E-state index < -0.39 is 10.0 Å². The summed E-state index contributed by atoms with van der Waals surface area (Å²) in [6, 6.07) is 15.3. The summed E-state index contributed by atoms with van der Waals surface area (Å²) in [7, 11) is -2.33. The molecule has 0 saturated carbocycles. The van der Waals surface area contributed by atoms with E-state index >= 15 is 0 Å². The van der Waals surface area contributed by atoms with Crippen LogP contribution in [0.2, 0.25) is 5.02 Å². The predicted octanol–water partition coefficient (Wildman–Crippen LogP) is 4.48. The van der Waals surface area contributed by atoms with Gasteiger partial charge in [-0.15, -0.1) is 0 Å². The third kappa shape index (κ3) is 6.97. The second-order valence-corrected chi connectivity index (χ2v) is 8.37. The van der Waals surface area contributed by atoms with Gasteiger partial charge < -0.3 is 4.74 Å². The average Bonchev–Trinajstić information content (AvgIpc) is 2.67. The lowest BCUT2D eigenvalue weighted by Crippen LogP contribution is -2.28. The summed E-state index contributed by atoms with van der Waals surface area (Å²) in [6.07, 6.45) is 3.33. The molecule has 0 aromatic heterocycles. The Morgan fingerprint density at radius 3 is 2.48 bits per heavy atom. The van der Waals surface area contributed by atoms with E-state index in [-0.39, 0.29) is 16.9 Å². The summed E-state index contributed by atoms with van der Waals surface area (Å²) in [5.74, 6) is -0.226. The molecule has 0 saturated heterocycles. The topological polar surface area (TPSA) is 72.5 Å². The molecule has 0 radical (unpaired) electrons. The Morgan fingerprint density at radius 1 is 1.07 bits per heavy atom. The molecule has 0 aliphatic heterocycles. The van der Waals surface area contributed by atoms with Crippen LogP contribution >= 0.6 is 11.6 Å². The average molecular weight is 410 g/mol. The molecule has 0 spiro atoms. The minimum Gasteiger partial charge on any atom is -0.469 e. The van der Waals surface area contributed by atoms with Crippen LogP contribution in [0.25, 0.3) is 0 Å². The molecular weight excluding hydrogens is 386 g/mol. The molecule has 0 fully saturated rings. The van der Waals surface area contributed by atoms with E-state index in [9.17, 15) is 13.2 Å². The first-order chi connectivity index (χ1) is 12.9. The maximum Gasteiger partial charge on any atom is 0.305 e. The molecule has 1 atom stereocenters. The standard InChI is InChI=1S/C20H24ClNO4S/c1-26-20(23)14-7-3-6-13-19(16-9-4-2-5-10-16)22-27(24,25)18-12-8-11-17(21)15-18/h2,4-5,8-12,15,19,22H,3,6-7,13-14H2,1H3. The van der Waals surface area contributed by atoms with Gasteiger partial charge in [-0.25, -0.2) is 13.1 Å². The van der Waals surface area contributed by atoms with Crippen LogP contribution in [0.15, 0.2) is 59.5 Å². The highest BCUT2D eigenvalue weighted by molar-refractivity contribution is 7.89. The van der Waals surface area contributed by atoms with Crippen LogP contribution in [-0.4, -0.2) is 21.5 Å². The molecule has 27 heavy (non-hydrogen) atoms. The second kappa shape index (κ2) is 10.4. The van der Waals surface area contributed by atoms with Crippen LogP contribution in [-0.2, 0) is 19.6 Å². The third-order valence-electron chi connectivity index (χ3n) is 4.21. The number of unbranched alkanes of at least 4 members (excludes halogenated alkanes) is 2. The maximum atomic E-state index is 12.8. The first-order valence-electron chi connectivity index (χ1n) is 8.82. The van der Waals surface area contributed by atoms with Crippen LogP contribution < -0.4 is 4.72 Å². The van der Waals surface area contributed by atoms with Crippen LogP contribution in [0.1, 0.15) is 43.7 Å². The Kier molecular flexibility index (Phi) is 8.28. The number of benzene rings is 2. The molecule has 146 valence electrons. The predicted molar refractivity (Wildman–Crippen MR) is 106 cm³/mol. The summed E-state index contributed by atoms with van der Waals surface area (Å²) in [4.78, 5) is 11.3. The fourth-order valence-corrected chi connectivity index (χ4v) is 4.32. The van der Waals surface area contributed by atoms with Crippen molar-refractivity contribution in [3.8, 4) is 0 Å². The van der Waals surface area contributed by atoms with Gasteiger partial charge >= 0.3 is 5.97 Å². The molecule has 1 unspecified atom stereocenters. The number of esters is 1. The van der Waals surface area contributed by atoms with Crippen molar-refractivity contribution in [2.45, 2.75) is 43.0 Å². The number of rotatable bonds is 10. The number of methoxy groups -OCH3 is 1. The fraction of sp³-hybridized carbons (Fsp3) is 0.350. The van der Waals surface area contributed by atoms with Gasteiger partial charge in [-0.3, -0.25) is 4.79 Å². The molecule has 7 heteroatoms. The van der Waals surface area contributed by atoms with Gasteiger partial charge in [-0.1, -0.05) is 60.8 Å². The van der Waals surface area contributed by atoms with E-state index in [0.717, 1.165) is 24.8 Å². The molecule has 0 aliphatic carbocycles. The first-order valence-corrected chi connectivity index (χ1v) is 10.7. The number of nitrogens with one attached hydrogen (secondary N) is 1. The van der Waals surface area contributed by atoms with Crippen molar-refractivity contribution in [1.29, 1.82) is 0 Å². The molecule has 1 N–H and O–H groups in total. The summed E-state index contributed by atoms with van der Waals surface area (Å²) in [5, 5.41) is 0.372. The number of hydrogen-bond donors (Lipinski definition) is 1. The molecule has 0 amide bonds. The monoisotopic (exact) mass is 409 g/mol. The summed E-state index contributed by atoms with van der Waals surface area (Å²) in [6.45, 7) is 0. The highest BCUT2D eigenvalue weighted by Gasteiger charge is 2.21. The minimum absolute atomic E-state index is 0.140. The fourth-order valence-electron chi connectivity index (χ4n) is 2.77. The van der Waals surface area contributed by atoms with Crippen molar-refractivity contribution in [2.24, 2.45) is 0 Å². The first kappa shape index (κ1) is 21.4. The SMILES string of the molecule is COC(=O)CCCCCC(NS(=O)(=O)c1cccc(Cl)c1)c1ccccc1. The maximum absolute atomic E-state index is 12.8. The quantitative estimate of drug-likeness (QED) is 0.463. The van der Waals surface area contributed by atoms with Gasteiger partial charge in [-0.2, -0.15) is 0 Å². The van der Waals surface area contributed by atoms with Gasteiger partial charge in [-0.05, 0) is 36.6 Å². The Balaban J connectivity index is 2.06. The van der Waals surface area contributed by atoms with E-state index in [1.165, 1.54) is 19.2 Å². The minimum atomic E-state index is -3.70. The zero-order chi connectivity index (χ0) is 19.7. The summed E-state index contributed by atoms with van der Waals surface area (Å²) >= 11 is 5.93. The van der Waals surface area contributed by atoms with E-state index in [2.05, 4.69) is 9.46 Å². The Bertz CT molecular complexity index is 840. The van der Waals surface area contributed by atoms with E-state index in [1.54, 1.807) is 12.1 Å². The number of hydrogen-bond acceptors (Lipinski definition) is 4.